The normalized spacial score (nSPS) is 11.2. The second-order valence-corrected chi connectivity index (χ2v) is 7.35. The van der Waals surface area contributed by atoms with Gasteiger partial charge < -0.3 is 14.5 Å². The molecule has 0 unspecified atom stereocenters. The monoisotopic (exact) mass is 366 g/mol. The van der Waals surface area contributed by atoms with Crippen molar-refractivity contribution in [3.05, 3.63) is 30.1 Å². The quantitative estimate of drug-likeness (QED) is 0.756. The molecule has 0 aliphatic carbocycles. The number of methoxy groups -OCH3 is 1. The highest BCUT2D eigenvalue weighted by molar-refractivity contribution is 7.89. The number of hydrogen-bond donors (Lipinski definition) is 1. The SMILES string of the molecule is COc1ccccc1S(=O)(=O)NCc1nc(N(C)C)nc(N(C)C)n1. The molecule has 0 radical (unpaired) electrons. The molecule has 0 atom stereocenters. The van der Waals surface area contributed by atoms with Crippen LogP contribution in [0.15, 0.2) is 29.2 Å². The number of rotatable bonds is 7. The fourth-order valence-electron chi connectivity index (χ4n) is 1.95. The molecular weight excluding hydrogens is 344 g/mol. The molecule has 2 aromatic rings. The highest BCUT2D eigenvalue weighted by Gasteiger charge is 2.20. The van der Waals surface area contributed by atoms with Gasteiger partial charge in [-0.3, -0.25) is 0 Å². The topological polar surface area (TPSA) is 101 Å². The molecule has 0 fully saturated rings. The minimum atomic E-state index is -3.77. The number of nitrogens with zero attached hydrogens (tertiary/aromatic N) is 5. The van der Waals surface area contributed by atoms with Gasteiger partial charge in [0.25, 0.3) is 0 Å². The van der Waals surface area contributed by atoms with Crippen molar-refractivity contribution in [2.24, 2.45) is 0 Å². The van der Waals surface area contributed by atoms with Crippen LogP contribution in [0.1, 0.15) is 5.82 Å². The minimum absolute atomic E-state index is 0.0622. The Morgan fingerprint density at radius 1 is 1.00 bits per heavy atom. The smallest absolute Gasteiger partial charge is 0.244 e. The number of sulfonamides is 1. The summed E-state index contributed by atoms with van der Waals surface area (Å²) in [5.74, 6) is 1.49. The summed E-state index contributed by atoms with van der Waals surface area (Å²) in [5.41, 5.74) is 0. The number of aromatic nitrogens is 3. The van der Waals surface area contributed by atoms with E-state index in [-0.39, 0.29) is 17.2 Å². The summed E-state index contributed by atoms with van der Waals surface area (Å²) < 4.78 is 32.7. The van der Waals surface area contributed by atoms with Crippen molar-refractivity contribution in [1.82, 2.24) is 19.7 Å². The molecular formula is C15H22N6O3S. The molecule has 0 amide bonds. The summed E-state index contributed by atoms with van der Waals surface area (Å²) in [4.78, 5) is 16.4. The third-order valence-corrected chi connectivity index (χ3v) is 4.68. The predicted molar refractivity (Wildman–Crippen MR) is 95.5 cm³/mol. The lowest BCUT2D eigenvalue weighted by atomic mass is 10.3. The fraction of sp³-hybridized carbons (Fsp3) is 0.400. The number of anilines is 2. The van der Waals surface area contributed by atoms with E-state index in [2.05, 4.69) is 19.7 Å². The molecule has 0 saturated carbocycles. The number of benzene rings is 1. The number of nitrogens with one attached hydrogen (secondary N) is 1. The van der Waals surface area contributed by atoms with Crippen LogP contribution in [0.4, 0.5) is 11.9 Å². The largest absolute Gasteiger partial charge is 0.495 e. The average Bonchev–Trinajstić information content (AvgIpc) is 2.59. The Morgan fingerprint density at radius 3 is 2.08 bits per heavy atom. The maximum Gasteiger partial charge on any atom is 0.244 e. The molecule has 1 N–H and O–H groups in total. The van der Waals surface area contributed by atoms with E-state index in [1.54, 1.807) is 56.2 Å². The van der Waals surface area contributed by atoms with E-state index in [0.29, 0.717) is 17.7 Å². The van der Waals surface area contributed by atoms with E-state index >= 15 is 0 Å². The summed E-state index contributed by atoms with van der Waals surface area (Å²) in [6, 6.07) is 6.40. The lowest BCUT2D eigenvalue weighted by molar-refractivity contribution is 0.402. The van der Waals surface area contributed by atoms with Crippen molar-refractivity contribution in [2.45, 2.75) is 11.4 Å². The molecule has 1 aromatic heterocycles. The Hall–Kier alpha value is -2.46. The summed E-state index contributed by atoms with van der Waals surface area (Å²) >= 11 is 0. The van der Waals surface area contributed by atoms with Gasteiger partial charge in [-0.25, -0.2) is 13.1 Å². The van der Waals surface area contributed by atoms with Crippen LogP contribution in [0.5, 0.6) is 5.75 Å². The van der Waals surface area contributed by atoms with Crippen LogP contribution in [0.2, 0.25) is 0 Å². The Kier molecular flexibility index (Phi) is 5.75. The first kappa shape index (κ1) is 18.9. The van der Waals surface area contributed by atoms with Crippen molar-refractivity contribution >= 4 is 21.9 Å². The zero-order valence-corrected chi connectivity index (χ0v) is 15.7. The second-order valence-electron chi connectivity index (χ2n) is 5.62. The Morgan fingerprint density at radius 2 is 1.56 bits per heavy atom. The lowest BCUT2D eigenvalue weighted by Gasteiger charge is -2.16. The Labute approximate surface area is 147 Å². The molecule has 25 heavy (non-hydrogen) atoms. The van der Waals surface area contributed by atoms with Crippen molar-refractivity contribution < 1.29 is 13.2 Å². The zero-order valence-electron chi connectivity index (χ0n) is 14.9. The van der Waals surface area contributed by atoms with Gasteiger partial charge in [-0.15, -0.1) is 0 Å². The van der Waals surface area contributed by atoms with E-state index in [4.69, 9.17) is 4.74 Å². The van der Waals surface area contributed by atoms with Gasteiger partial charge in [0.05, 0.1) is 13.7 Å². The highest BCUT2D eigenvalue weighted by Crippen LogP contribution is 2.22. The molecule has 1 heterocycles. The van der Waals surface area contributed by atoms with E-state index in [1.165, 1.54) is 13.2 Å². The van der Waals surface area contributed by atoms with E-state index < -0.39 is 10.0 Å². The third-order valence-electron chi connectivity index (χ3n) is 3.24. The molecule has 0 spiro atoms. The van der Waals surface area contributed by atoms with Gasteiger partial charge in [0.2, 0.25) is 21.9 Å². The van der Waals surface area contributed by atoms with Crippen LogP contribution in [-0.2, 0) is 16.6 Å². The van der Waals surface area contributed by atoms with E-state index in [0.717, 1.165) is 0 Å². The van der Waals surface area contributed by atoms with Crippen molar-refractivity contribution in [3.8, 4) is 5.75 Å². The van der Waals surface area contributed by atoms with Gasteiger partial charge in [-0.1, -0.05) is 12.1 Å². The lowest BCUT2D eigenvalue weighted by Crippen LogP contribution is -2.26. The van der Waals surface area contributed by atoms with Gasteiger partial charge in [0.1, 0.15) is 10.6 Å². The predicted octanol–water partition coefficient (Wildman–Crippen LogP) is 0.491. The number of ether oxygens (including phenoxy) is 1. The van der Waals surface area contributed by atoms with Crippen LogP contribution in [0.25, 0.3) is 0 Å². The molecule has 10 heteroatoms. The van der Waals surface area contributed by atoms with Crippen LogP contribution < -0.4 is 19.3 Å². The fourth-order valence-corrected chi connectivity index (χ4v) is 3.10. The molecule has 0 bridgehead atoms. The van der Waals surface area contributed by atoms with Gasteiger partial charge in [0, 0.05) is 28.2 Å². The van der Waals surface area contributed by atoms with Gasteiger partial charge in [-0.2, -0.15) is 15.0 Å². The maximum absolute atomic E-state index is 12.5. The molecule has 0 aliphatic heterocycles. The summed E-state index contributed by atoms with van der Waals surface area (Å²) in [5, 5.41) is 0. The van der Waals surface area contributed by atoms with Crippen LogP contribution in [0.3, 0.4) is 0 Å². The zero-order chi connectivity index (χ0) is 18.6. The Bertz CT molecular complexity index is 813. The summed E-state index contributed by atoms with van der Waals surface area (Å²) in [7, 11) is 4.87. The minimum Gasteiger partial charge on any atom is -0.495 e. The molecule has 0 aliphatic rings. The van der Waals surface area contributed by atoms with Crippen LogP contribution in [-0.4, -0.2) is 58.7 Å². The number of hydrogen-bond acceptors (Lipinski definition) is 8. The number of para-hydroxylation sites is 1. The Balaban J connectivity index is 2.28. The van der Waals surface area contributed by atoms with Crippen LogP contribution in [0, 0.1) is 0 Å². The molecule has 2 rings (SSSR count). The van der Waals surface area contributed by atoms with Crippen molar-refractivity contribution in [2.75, 3.05) is 45.1 Å². The molecule has 136 valence electrons. The van der Waals surface area contributed by atoms with E-state index in [9.17, 15) is 8.42 Å². The highest BCUT2D eigenvalue weighted by atomic mass is 32.2. The first-order valence-corrected chi connectivity index (χ1v) is 8.95. The molecule has 1 aromatic carbocycles. The first-order valence-electron chi connectivity index (χ1n) is 7.47. The third kappa shape index (κ3) is 4.54. The molecule has 0 saturated heterocycles. The summed E-state index contributed by atoms with van der Waals surface area (Å²) in [6.07, 6.45) is 0. The maximum atomic E-state index is 12.5. The average molecular weight is 366 g/mol. The van der Waals surface area contributed by atoms with Gasteiger partial charge >= 0.3 is 0 Å². The van der Waals surface area contributed by atoms with Gasteiger partial charge in [0.15, 0.2) is 5.82 Å². The second kappa shape index (κ2) is 7.62. The summed E-state index contributed by atoms with van der Waals surface area (Å²) in [6.45, 7) is -0.0649. The van der Waals surface area contributed by atoms with Crippen LogP contribution >= 0.6 is 0 Å². The van der Waals surface area contributed by atoms with Crippen molar-refractivity contribution in [1.29, 1.82) is 0 Å². The van der Waals surface area contributed by atoms with Gasteiger partial charge in [-0.05, 0) is 12.1 Å². The van der Waals surface area contributed by atoms with E-state index in [1.807, 2.05) is 0 Å². The first-order chi connectivity index (χ1) is 11.7. The molecule has 9 nitrogen and oxygen atoms in total. The van der Waals surface area contributed by atoms with Crippen molar-refractivity contribution in [3.63, 3.8) is 0 Å². The standard InChI is InChI=1S/C15H22N6O3S/c1-20(2)14-17-13(18-15(19-14)21(3)4)10-16-25(22,23)12-9-7-6-8-11(12)24-5/h6-9,16H,10H2,1-5H3.